The minimum Gasteiger partial charge on any atom is -0.341 e. The minimum atomic E-state index is 0.313. The van der Waals surface area contributed by atoms with Gasteiger partial charge in [-0.2, -0.15) is 0 Å². The average Bonchev–Trinajstić information content (AvgIpc) is 3.78. The fourth-order valence-corrected chi connectivity index (χ4v) is 7.07. The molecule has 4 N–H and O–H groups in total. The summed E-state index contributed by atoms with van der Waals surface area (Å²) < 4.78 is 0. The van der Waals surface area contributed by atoms with Crippen LogP contribution in [0.1, 0.15) is 100 Å². The molecule has 2 aromatic heterocycles. The van der Waals surface area contributed by atoms with Gasteiger partial charge in [0.25, 0.3) is 0 Å². The van der Waals surface area contributed by atoms with Crippen molar-refractivity contribution in [1.29, 1.82) is 0 Å². The molecular weight excluding hydrogens is 492 g/mol. The maximum Gasteiger partial charge on any atom is 0.124 e. The van der Waals surface area contributed by atoms with Gasteiger partial charge >= 0.3 is 0 Å². The molecule has 0 amide bonds. The number of aromatic amines is 2. The van der Waals surface area contributed by atoms with Gasteiger partial charge < -0.3 is 20.6 Å². The molecule has 4 aliphatic rings. The standard InChI is InChI=1S/C34H40N6/c1-3-6-25-19-31(37-27(25)4-2)34-38-28-15-14-24(18-30(28)39-34)22-9-8-21-11-13-26(17-23(21)12-10-22)32-20-36-33(40-32)29-7-5-16-35-29/h9-10,12,14-15,17-18,20,25,27,29,31,35,37H,3-7,11,13,16,19H2,1-2H3,(H,36,40)(H,38,39). The number of hydrogen-bond donors (Lipinski definition) is 4. The number of allylic oxidation sites excluding steroid dienone is 7. The van der Waals surface area contributed by atoms with E-state index in [2.05, 4.69) is 87.7 Å². The molecule has 0 radical (unpaired) electrons. The lowest BCUT2D eigenvalue weighted by Gasteiger charge is -2.16. The van der Waals surface area contributed by atoms with E-state index in [0.29, 0.717) is 18.1 Å². The molecule has 3 aromatic rings. The van der Waals surface area contributed by atoms with Crippen LogP contribution in [0.25, 0.3) is 22.2 Å². The van der Waals surface area contributed by atoms with Gasteiger partial charge in [0, 0.05) is 11.6 Å². The Hall–Kier alpha value is -3.44. The maximum atomic E-state index is 4.99. The SMILES string of the molecule is CCCC1CC(c2nc3ccc(C4=CC=C5C=C(c6cnc(C7CCCN7)[nH]6)CCC5=C=C4)cc3[nH]2)NC1CC. The van der Waals surface area contributed by atoms with Crippen LogP contribution in [0, 0.1) is 5.92 Å². The lowest BCUT2D eigenvalue weighted by Crippen LogP contribution is -2.27. The van der Waals surface area contributed by atoms with Gasteiger partial charge in [0.2, 0.25) is 0 Å². The summed E-state index contributed by atoms with van der Waals surface area (Å²) in [7, 11) is 0. The third-order valence-electron chi connectivity index (χ3n) is 9.28. The van der Waals surface area contributed by atoms with Gasteiger partial charge in [0.1, 0.15) is 11.6 Å². The molecule has 0 saturated carbocycles. The first-order chi connectivity index (χ1) is 19.7. The lowest BCUT2D eigenvalue weighted by atomic mass is 9.89. The van der Waals surface area contributed by atoms with E-state index >= 15 is 0 Å². The van der Waals surface area contributed by atoms with Crippen LogP contribution in [0.2, 0.25) is 0 Å². The van der Waals surface area contributed by atoms with Crippen LogP contribution in [0.3, 0.4) is 0 Å². The van der Waals surface area contributed by atoms with Crippen LogP contribution < -0.4 is 10.6 Å². The molecule has 4 heterocycles. The number of hydrogen-bond acceptors (Lipinski definition) is 4. The first kappa shape index (κ1) is 25.5. The number of H-pyrrole nitrogens is 2. The second-order valence-electron chi connectivity index (χ2n) is 11.9. The Morgan fingerprint density at radius 3 is 2.80 bits per heavy atom. The Morgan fingerprint density at radius 1 is 1.02 bits per heavy atom. The second-order valence-corrected chi connectivity index (χ2v) is 11.9. The van der Waals surface area contributed by atoms with Crippen molar-refractivity contribution in [1.82, 2.24) is 30.6 Å². The van der Waals surface area contributed by atoms with E-state index in [9.17, 15) is 0 Å². The number of rotatable bonds is 7. The van der Waals surface area contributed by atoms with Crippen molar-refractivity contribution in [2.24, 2.45) is 5.92 Å². The summed E-state index contributed by atoms with van der Waals surface area (Å²) >= 11 is 0. The molecule has 206 valence electrons. The summed E-state index contributed by atoms with van der Waals surface area (Å²) in [4.78, 5) is 16.9. The fraction of sp³-hybridized carbons (Fsp3) is 0.441. The normalized spacial score (nSPS) is 26.4. The lowest BCUT2D eigenvalue weighted by molar-refractivity contribution is 0.406. The first-order valence-corrected chi connectivity index (χ1v) is 15.3. The summed E-state index contributed by atoms with van der Waals surface area (Å²) in [5, 5.41) is 7.39. The van der Waals surface area contributed by atoms with Crippen molar-refractivity contribution < 1.29 is 0 Å². The topological polar surface area (TPSA) is 81.4 Å². The molecular formula is C34H40N6. The van der Waals surface area contributed by atoms with E-state index in [0.717, 1.165) is 60.1 Å². The van der Waals surface area contributed by atoms with Crippen LogP contribution in [0.4, 0.5) is 0 Å². The van der Waals surface area contributed by atoms with Crippen LogP contribution >= 0.6 is 0 Å². The van der Waals surface area contributed by atoms with Crippen molar-refractivity contribution >= 4 is 22.2 Å². The minimum absolute atomic E-state index is 0.313. The molecule has 0 bridgehead atoms. The Balaban J connectivity index is 1.12. The van der Waals surface area contributed by atoms with Gasteiger partial charge in [-0.05, 0) is 104 Å². The van der Waals surface area contributed by atoms with Crippen molar-refractivity contribution in [2.75, 3.05) is 6.54 Å². The third kappa shape index (κ3) is 4.85. The van der Waals surface area contributed by atoms with Crippen molar-refractivity contribution in [3.05, 3.63) is 88.5 Å². The predicted molar refractivity (Wildman–Crippen MR) is 162 cm³/mol. The maximum absolute atomic E-state index is 4.99. The van der Waals surface area contributed by atoms with Gasteiger partial charge in [-0.3, -0.25) is 0 Å². The quantitative estimate of drug-likeness (QED) is 0.242. The summed E-state index contributed by atoms with van der Waals surface area (Å²) in [6.45, 7) is 5.66. The highest BCUT2D eigenvalue weighted by atomic mass is 15.1. The summed E-state index contributed by atoms with van der Waals surface area (Å²) in [5.41, 5.74) is 13.1. The van der Waals surface area contributed by atoms with Crippen molar-refractivity contribution in [3.63, 3.8) is 0 Å². The Bertz CT molecular complexity index is 1570. The van der Waals surface area contributed by atoms with Crippen molar-refractivity contribution in [2.45, 2.75) is 83.3 Å². The molecule has 2 saturated heterocycles. The molecule has 7 rings (SSSR count). The van der Waals surface area contributed by atoms with E-state index in [4.69, 9.17) is 4.98 Å². The fourth-order valence-electron chi connectivity index (χ4n) is 7.07. The molecule has 4 unspecified atom stereocenters. The number of nitrogens with one attached hydrogen (secondary N) is 4. The first-order valence-electron chi connectivity index (χ1n) is 15.3. The molecule has 2 fully saturated rings. The number of imidazole rings is 2. The van der Waals surface area contributed by atoms with E-state index in [1.165, 1.54) is 60.0 Å². The van der Waals surface area contributed by atoms with Gasteiger partial charge in [0.15, 0.2) is 0 Å². The Labute approximate surface area is 236 Å². The van der Waals surface area contributed by atoms with Crippen molar-refractivity contribution in [3.8, 4) is 0 Å². The van der Waals surface area contributed by atoms with Gasteiger partial charge in [0.05, 0.1) is 35.0 Å². The zero-order valence-corrected chi connectivity index (χ0v) is 23.7. The highest BCUT2D eigenvalue weighted by Gasteiger charge is 2.34. The molecule has 6 heteroatoms. The monoisotopic (exact) mass is 532 g/mol. The third-order valence-corrected chi connectivity index (χ3v) is 9.28. The highest BCUT2D eigenvalue weighted by Crippen LogP contribution is 2.37. The smallest absolute Gasteiger partial charge is 0.124 e. The second kappa shape index (κ2) is 10.9. The molecule has 2 aliphatic heterocycles. The zero-order chi connectivity index (χ0) is 27.1. The van der Waals surface area contributed by atoms with E-state index in [-0.39, 0.29) is 0 Å². The highest BCUT2D eigenvalue weighted by molar-refractivity contribution is 5.85. The number of fused-ring (bicyclic) bond motifs is 2. The molecule has 1 aromatic carbocycles. The Kier molecular flexibility index (Phi) is 6.92. The van der Waals surface area contributed by atoms with E-state index in [1.54, 1.807) is 0 Å². The van der Waals surface area contributed by atoms with Gasteiger partial charge in [-0.1, -0.05) is 38.5 Å². The van der Waals surface area contributed by atoms with E-state index < -0.39 is 0 Å². The molecule has 4 atom stereocenters. The zero-order valence-electron chi connectivity index (χ0n) is 23.7. The van der Waals surface area contributed by atoms with Crippen LogP contribution in [-0.4, -0.2) is 32.5 Å². The molecule has 0 spiro atoms. The predicted octanol–water partition coefficient (Wildman–Crippen LogP) is 7.22. The molecule has 2 aliphatic carbocycles. The number of benzene rings is 1. The average molecular weight is 533 g/mol. The summed E-state index contributed by atoms with van der Waals surface area (Å²) in [6.07, 6.45) is 20.2. The van der Waals surface area contributed by atoms with Crippen LogP contribution in [0.15, 0.2) is 65.6 Å². The van der Waals surface area contributed by atoms with Crippen LogP contribution in [-0.2, 0) is 0 Å². The Morgan fingerprint density at radius 2 is 1.95 bits per heavy atom. The van der Waals surface area contributed by atoms with Crippen LogP contribution in [0.5, 0.6) is 0 Å². The van der Waals surface area contributed by atoms with Gasteiger partial charge in [-0.15, -0.1) is 5.73 Å². The largest absolute Gasteiger partial charge is 0.341 e. The summed E-state index contributed by atoms with van der Waals surface area (Å²) in [6, 6.07) is 7.86. The van der Waals surface area contributed by atoms with E-state index in [1.807, 2.05) is 6.20 Å². The molecule has 40 heavy (non-hydrogen) atoms. The number of nitrogens with zero attached hydrogens (tertiary/aromatic N) is 2. The summed E-state index contributed by atoms with van der Waals surface area (Å²) in [5.74, 6) is 2.88. The number of aromatic nitrogens is 4. The van der Waals surface area contributed by atoms with Gasteiger partial charge in [-0.25, -0.2) is 9.97 Å². The molecule has 6 nitrogen and oxygen atoms in total.